The normalized spacial score (nSPS) is 25.0. The van der Waals surface area contributed by atoms with E-state index in [-0.39, 0.29) is 13.2 Å². The number of aliphatic hydroxyl groups is 3. The number of allylic oxidation sites excluding steroid dienone is 2. The maximum absolute atomic E-state index is 9.85. The molecule has 25 heavy (non-hydrogen) atoms. The first-order valence-corrected chi connectivity index (χ1v) is 10.1. The lowest BCUT2D eigenvalue weighted by atomic mass is 10.1. The van der Waals surface area contributed by atoms with Gasteiger partial charge in [0.15, 0.2) is 0 Å². The Morgan fingerprint density at radius 3 is 2.36 bits per heavy atom. The fraction of sp³-hybridized carbons (Fsp3) is 0.900. The van der Waals surface area contributed by atoms with Crippen molar-refractivity contribution in [2.75, 3.05) is 19.8 Å². The third kappa shape index (κ3) is 9.71. The van der Waals surface area contributed by atoms with Crippen molar-refractivity contribution < 1.29 is 24.8 Å². The molecule has 1 rings (SSSR count). The van der Waals surface area contributed by atoms with Gasteiger partial charge in [-0.15, -0.1) is 0 Å². The molecule has 0 unspecified atom stereocenters. The molecule has 0 spiro atoms. The maximum Gasteiger partial charge on any atom is 0.114 e. The molecule has 1 aliphatic rings. The first-order valence-electron chi connectivity index (χ1n) is 10.1. The molecule has 148 valence electrons. The molecule has 4 atom stereocenters. The van der Waals surface area contributed by atoms with Gasteiger partial charge < -0.3 is 24.8 Å². The fourth-order valence-corrected chi connectivity index (χ4v) is 3.11. The largest absolute Gasteiger partial charge is 0.394 e. The van der Waals surface area contributed by atoms with Gasteiger partial charge in [-0.1, -0.05) is 57.6 Å². The summed E-state index contributed by atoms with van der Waals surface area (Å²) >= 11 is 0. The van der Waals surface area contributed by atoms with Crippen molar-refractivity contribution >= 4 is 0 Å². The molecule has 0 amide bonds. The van der Waals surface area contributed by atoms with Crippen LogP contribution in [-0.4, -0.2) is 59.6 Å². The third-order valence-corrected chi connectivity index (χ3v) is 4.70. The van der Waals surface area contributed by atoms with Gasteiger partial charge in [-0.2, -0.15) is 0 Å². The van der Waals surface area contributed by atoms with Crippen LogP contribution in [0.2, 0.25) is 0 Å². The Labute approximate surface area is 153 Å². The Morgan fingerprint density at radius 1 is 1.04 bits per heavy atom. The average molecular weight is 359 g/mol. The quantitative estimate of drug-likeness (QED) is 0.310. The van der Waals surface area contributed by atoms with Crippen LogP contribution in [0, 0.1) is 0 Å². The van der Waals surface area contributed by atoms with Crippen LogP contribution in [0.5, 0.6) is 0 Å². The number of ether oxygens (including phenoxy) is 2. The Balaban J connectivity index is 1.95. The summed E-state index contributed by atoms with van der Waals surface area (Å²) in [7, 11) is 0. The second kappa shape index (κ2) is 14.7. The third-order valence-electron chi connectivity index (χ3n) is 4.70. The van der Waals surface area contributed by atoms with Gasteiger partial charge in [-0.25, -0.2) is 0 Å². The lowest BCUT2D eigenvalue weighted by Crippen LogP contribution is -2.42. The predicted molar refractivity (Wildman–Crippen MR) is 99.6 cm³/mol. The first kappa shape index (κ1) is 22.6. The van der Waals surface area contributed by atoms with Crippen molar-refractivity contribution in [3.05, 3.63) is 12.2 Å². The number of aliphatic hydroxyl groups excluding tert-OH is 3. The number of hydrogen-bond donors (Lipinski definition) is 3. The predicted octanol–water partition coefficient (Wildman–Crippen LogP) is 2.96. The molecule has 0 aromatic heterocycles. The second-order valence-electron chi connectivity index (χ2n) is 6.97. The summed E-state index contributed by atoms with van der Waals surface area (Å²) in [4.78, 5) is 0. The van der Waals surface area contributed by atoms with Gasteiger partial charge in [0, 0.05) is 6.61 Å². The van der Waals surface area contributed by atoms with Gasteiger partial charge in [-0.05, 0) is 25.7 Å². The molecule has 5 heteroatoms. The molecule has 1 fully saturated rings. The number of unbranched alkanes of at least 4 members (excludes halogenated alkanes) is 8. The molecule has 3 N–H and O–H groups in total. The van der Waals surface area contributed by atoms with Crippen LogP contribution in [0.3, 0.4) is 0 Å². The van der Waals surface area contributed by atoms with Crippen LogP contribution in [0.1, 0.15) is 71.1 Å². The van der Waals surface area contributed by atoms with E-state index in [2.05, 4.69) is 19.1 Å². The molecule has 0 bridgehead atoms. The SMILES string of the molecule is CCCC/C=C/CCCCCCCCO[C@@H]1[C@H]([C@@H](O)CO)OC[C@H]1O. The zero-order chi connectivity index (χ0) is 18.3. The minimum atomic E-state index is -1.00. The van der Waals surface area contributed by atoms with Crippen LogP contribution < -0.4 is 0 Å². The molecule has 5 nitrogen and oxygen atoms in total. The van der Waals surface area contributed by atoms with Crippen molar-refractivity contribution in [1.82, 2.24) is 0 Å². The van der Waals surface area contributed by atoms with E-state index in [0.29, 0.717) is 6.61 Å². The van der Waals surface area contributed by atoms with E-state index in [1.165, 1.54) is 51.4 Å². The van der Waals surface area contributed by atoms with Crippen molar-refractivity contribution in [1.29, 1.82) is 0 Å². The molecular formula is C20H38O5. The van der Waals surface area contributed by atoms with Crippen molar-refractivity contribution in [3.63, 3.8) is 0 Å². The molecule has 0 aromatic rings. The summed E-state index contributed by atoms with van der Waals surface area (Å²) < 4.78 is 11.0. The van der Waals surface area contributed by atoms with Gasteiger partial charge in [0.05, 0.1) is 13.2 Å². The summed E-state index contributed by atoms with van der Waals surface area (Å²) in [6, 6.07) is 0. The lowest BCUT2D eigenvalue weighted by molar-refractivity contribution is -0.0938. The fourth-order valence-electron chi connectivity index (χ4n) is 3.11. The monoisotopic (exact) mass is 358 g/mol. The topological polar surface area (TPSA) is 79.2 Å². The van der Waals surface area contributed by atoms with E-state index in [9.17, 15) is 10.2 Å². The highest BCUT2D eigenvalue weighted by Gasteiger charge is 2.40. The number of hydrogen-bond acceptors (Lipinski definition) is 5. The van der Waals surface area contributed by atoms with Crippen LogP contribution in [-0.2, 0) is 9.47 Å². The highest BCUT2D eigenvalue weighted by atomic mass is 16.6. The van der Waals surface area contributed by atoms with Crippen LogP contribution in [0.4, 0.5) is 0 Å². The lowest BCUT2D eigenvalue weighted by Gasteiger charge is -2.23. The average Bonchev–Trinajstić information content (AvgIpc) is 2.99. The van der Waals surface area contributed by atoms with E-state index in [4.69, 9.17) is 14.6 Å². The van der Waals surface area contributed by atoms with Crippen molar-refractivity contribution in [3.8, 4) is 0 Å². The second-order valence-corrected chi connectivity index (χ2v) is 6.97. The molecular weight excluding hydrogens is 320 g/mol. The molecule has 1 saturated heterocycles. The van der Waals surface area contributed by atoms with Crippen LogP contribution in [0.25, 0.3) is 0 Å². The maximum atomic E-state index is 9.85. The molecule has 0 saturated carbocycles. The Bertz CT molecular complexity index is 334. The van der Waals surface area contributed by atoms with E-state index >= 15 is 0 Å². The summed E-state index contributed by atoms with van der Waals surface area (Å²) in [5.74, 6) is 0. The zero-order valence-corrected chi connectivity index (χ0v) is 15.8. The highest BCUT2D eigenvalue weighted by molar-refractivity contribution is 4.89. The summed E-state index contributed by atoms with van der Waals surface area (Å²) in [5.41, 5.74) is 0. The minimum absolute atomic E-state index is 0.152. The van der Waals surface area contributed by atoms with Crippen molar-refractivity contribution in [2.24, 2.45) is 0 Å². The highest BCUT2D eigenvalue weighted by Crippen LogP contribution is 2.21. The molecule has 0 aliphatic carbocycles. The van der Waals surface area contributed by atoms with Gasteiger partial charge >= 0.3 is 0 Å². The summed E-state index contributed by atoms with van der Waals surface area (Å²) in [6.45, 7) is 2.55. The van der Waals surface area contributed by atoms with Gasteiger partial charge in [-0.3, -0.25) is 0 Å². The van der Waals surface area contributed by atoms with Crippen molar-refractivity contribution in [2.45, 2.75) is 95.5 Å². The Kier molecular flexibility index (Phi) is 13.3. The minimum Gasteiger partial charge on any atom is -0.394 e. The standard InChI is InChI=1S/C20H38O5/c1-2-3-4-5-6-7-8-9-10-11-12-13-14-24-20-18(23)16-25-19(20)17(22)15-21/h5-6,17-23H,2-4,7-16H2,1H3/b6-5+/t17-,18+,19-,20-/m0/s1. The van der Waals surface area contributed by atoms with Gasteiger partial charge in [0.25, 0.3) is 0 Å². The molecule has 1 aliphatic heterocycles. The van der Waals surface area contributed by atoms with E-state index < -0.39 is 24.4 Å². The summed E-state index contributed by atoms with van der Waals surface area (Å²) in [6.07, 6.45) is 13.8. The Hall–Kier alpha value is -0.460. The van der Waals surface area contributed by atoms with Crippen LogP contribution in [0.15, 0.2) is 12.2 Å². The van der Waals surface area contributed by atoms with E-state index in [0.717, 1.165) is 12.8 Å². The molecule has 1 heterocycles. The zero-order valence-electron chi connectivity index (χ0n) is 15.8. The molecule has 0 radical (unpaired) electrons. The van der Waals surface area contributed by atoms with E-state index in [1.807, 2.05) is 0 Å². The smallest absolute Gasteiger partial charge is 0.114 e. The molecule has 0 aromatic carbocycles. The van der Waals surface area contributed by atoms with Crippen LogP contribution >= 0.6 is 0 Å². The van der Waals surface area contributed by atoms with Gasteiger partial charge in [0.1, 0.15) is 24.4 Å². The summed E-state index contributed by atoms with van der Waals surface area (Å²) in [5, 5.41) is 28.5. The first-order chi connectivity index (χ1) is 12.2. The number of rotatable bonds is 15. The Morgan fingerprint density at radius 2 is 1.68 bits per heavy atom. The van der Waals surface area contributed by atoms with E-state index in [1.54, 1.807) is 0 Å². The van der Waals surface area contributed by atoms with Gasteiger partial charge in [0.2, 0.25) is 0 Å².